The summed E-state index contributed by atoms with van der Waals surface area (Å²) in [6.45, 7) is 7.63. The molecule has 3 heterocycles. The molecule has 2 bridgehead atoms. The lowest BCUT2D eigenvalue weighted by Gasteiger charge is -2.36. The van der Waals surface area contributed by atoms with E-state index in [0.717, 1.165) is 0 Å². The van der Waals surface area contributed by atoms with E-state index in [1.165, 1.54) is 4.90 Å². The Morgan fingerprint density at radius 2 is 1.65 bits per heavy atom. The highest BCUT2D eigenvalue weighted by Gasteiger charge is 2.80. The number of fused-ring (bicyclic) bond motifs is 1. The molecule has 214 valence electrons. The van der Waals surface area contributed by atoms with Crippen LogP contribution in [0.5, 0.6) is 11.5 Å². The van der Waals surface area contributed by atoms with Crippen LogP contribution in [0, 0.1) is 17.8 Å². The molecule has 3 aliphatic rings. The number of anilines is 2. The van der Waals surface area contributed by atoms with Gasteiger partial charge in [-0.3, -0.25) is 14.4 Å². The van der Waals surface area contributed by atoms with E-state index >= 15 is 0 Å². The highest BCUT2D eigenvalue weighted by molar-refractivity contribution is 6.05. The summed E-state index contributed by atoms with van der Waals surface area (Å²) in [5, 5.41) is 15.9. The predicted molar refractivity (Wildman–Crippen MR) is 148 cm³/mol. The third kappa shape index (κ3) is 4.30. The number of rotatable bonds is 9. The molecule has 3 amide bonds. The number of benzene rings is 2. The molecule has 0 radical (unpaired) electrons. The summed E-state index contributed by atoms with van der Waals surface area (Å²) in [5.74, 6) is -1.61. The second-order valence-electron chi connectivity index (χ2n) is 11.1. The number of nitrogens with one attached hydrogen (secondary N) is 2. The molecule has 3 saturated heterocycles. The molecule has 2 aromatic carbocycles. The molecule has 0 aliphatic carbocycles. The van der Waals surface area contributed by atoms with Gasteiger partial charge >= 0.3 is 0 Å². The average molecular weight is 552 g/mol. The first-order chi connectivity index (χ1) is 19.1. The highest BCUT2D eigenvalue weighted by atomic mass is 16.5. The van der Waals surface area contributed by atoms with E-state index in [9.17, 15) is 19.5 Å². The number of ether oxygens (including phenoxy) is 3. The number of methoxy groups -OCH3 is 1. The molecule has 10 heteroatoms. The number of aliphatic hydroxyl groups excluding tert-OH is 1. The molecule has 3 N–H and O–H groups in total. The maximum Gasteiger partial charge on any atom is 0.250 e. The van der Waals surface area contributed by atoms with Gasteiger partial charge in [0.25, 0.3) is 0 Å². The first kappa shape index (κ1) is 27.9. The van der Waals surface area contributed by atoms with Crippen LogP contribution in [0.1, 0.15) is 34.1 Å². The Hall–Kier alpha value is -3.63. The van der Waals surface area contributed by atoms with Crippen molar-refractivity contribution in [1.29, 1.82) is 0 Å². The van der Waals surface area contributed by atoms with Crippen LogP contribution in [-0.2, 0) is 19.1 Å². The number of amides is 3. The molecule has 2 aromatic rings. The number of carbonyl (C=O) groups excluding carboxylic acids is 3. The molecular weight excluding hydrogens is 514 g/mol. The minimum absolute atomic E-state index is 0.103. The molecule has 7 atom stereocenters. The number of hydrogen-bond donors (Lipinski definition) is 3. The number of aliphatic hydroxyl groups is 1. The lowest BCUT2D eigenvalue weighted by molar-refractivity contribution is -0.147. The number of likely N-dealkylation sites (tertiary alicyclic amines) is 1. The van der Waals surface area contributed by atoms with Gasteiger partial charge in [0.15, 0.2) is 0 Å². The van der Waals surface area contributed by atoms with E-state index in [-0.39, 0.29) is 24.3 Å². The number of hydrogen-bond acceptors (Lipinski definition) is 7. The van der Waals surface area contributed by atoms with Crippen molar-refractivity contribution >= 4 is 29.1 Å². The maximum absolute atomic E-state index is 14.1. The molecule has 0 saturated carbocycles. The topological polar surface area (TPSA) is 126 Å². The Balaban J connectivity index is 1.48. The van der Waals surface area contributed by atoms with E-state index < -0.39 is 41.0 Å². The third-order valence-electron chi connectivity index (χ3n) is 8.81. The summed E-state index contributed by atoms with van der Waals surface area (Å²) < 4.78 is 17.4. The summed E-state index contributed by atoms with van der Waals surface area (Å²) in [6, 6.07) is 12.3. The Kier molecular flexibility index (Phi) is 7.26. The van der Waals surface area contributed by atoms with Crippen molar-refractivity contribution in [1.82, 2.24) is 4.90 Å². The third-order valence-corrected chi connectivity index (χ3v) is 8.81. The average Bonchev–Trinajstić information content (AvgIpc) is 3.46. The zero-order valence-electron chi connectivity index (χ0n) is 23.5. The lowest BCUT2D eigenvalue weighted by atomic mass is 9.62. The summed E-state index contributed by atoms with van der Waals surface area (Å²) in [4.78, 5) is 43.3. The fraction of sp³-hybridized carbons (Fsp3) is 0.500. The van der Waals surface area contributed by atoms with E-state index in [4.69, 9.17) is 14.2 Å². The van der Waals surface area contributed by atoms with Crippen molar-refractivity contribution in [3.8, 4) is 11.5 Å². The molecule has 10 nitrogen and oxygen atoms in total. The van der Waals surface area contributed by atoms with Gasteiger partial charge < -0.3 is 34.9 Å². The van der Waals surface area contributed by atoms with Gasteiger partial charge in [-0.2, -0.15) is 0 Å². The van der Waals surface area contributed by atoms with Crippen LogP contribution in [0.2, 0.25) is 0 Å². The number of carbonyl (C=O) groups is 3. The monoisotopic (exact) mass is 551 g/mol. The Labute approximate surface area is 234 Å². The minimum atomic E-state index is -1.22. The van der Waals surface area contributed by atoms with Gasteiger partial charge in [0.1, 0.15) is 23.1 Å². The zero-order valence-corrected chi connectivity index (χ0v) is 23.5. The van der Waals surface area contributed by atoms with Crippen molar-refractivity contribution in [3.63, 3.8) is 0 Å². The molecule has 1 spiro atoms. The van der Waals surface area contributed by atoms with Crippen LogP contribution < -0.4 is 20.1 Å². The molecule has 3 unspecified atom stereocenters. The quantitative estimate of drug-likeness (QED) is 0.437. The van der Waals surface area contributed by atoms with Crippen molar-refractivity contribution in [2.45, 2.75) is 57.4 Å². The standard InChI is InChI=1S/C30H37N3O7/c1-6-39-22-13-9-19(10-14-22)31-26(35)23-24-28(37)33(18(3)16-34)25(30(24)15-17(2)29(23,4)40-30)27(36)32-20-7-11-21(38-5)12-8-20/h7-14,17-18,23-25,34H,6,15-16H2,1-5H3,(H,31,35)(H,32,36)/t17?,18-,23-,24+,25?,29+,30?/m1/s1. The van der Waals surface area contributed by atoms with Gasteiger partial charge in [-0.15, -0.1) is 0 Å². The van der Waals surface area contributed by atoms with Gasteiger partial charge in [0.2, 0.25) is 17.7 Å². The predicted octanol–water partition coefficient (Wildman–Crippen LogP) is 3.06. The molecule has 40 heavy (non-hydrogen) atoms. The van der Waals surface area contributed by atoms with E-state index in [2.05, 4.69) is 10.6 Å². The summed E-state index contributed by atoms with van der Waals surface area (Å²) in [7, 11) is 1.56. The normalized spacial score (nSPS) is 31.1. The zero-order chi connectivity index (χ0) is 28.8. The fourth-order valence-electron chi connectivity index (χ4n) is 6.84. The van der Waals surface area contributed by atoms with Gasteiger partial charge in [-0.25, -0.2) is 0 Å². The fourth-order valence-corrected chi connectivity index (χ4v) is 6.84. The van der Waals surface area contributed by atoms with Gasteiger partial charge in [0, 0.05) is 11.4 Å². The Morgan fingerprint density at radius 3 is 2.20 bits per heavy atom. The molecule has 3 aliphatic heterocycles. The van der Waals surface area contributed by atoms with Crippen LogP contribution in [0.3, 0.4) is 0 Å². The lowest BCUT2D eigenvalue weighted by Crippen LogP contribution is -2.56. The van der Waals surface area contributed by atoms with Crippen LogP contribution in [0.4, 0.5) is 11.4 Å². The van der Waals surface area contributed by atoms with Crippen molar-refractivity contribution in [2.75, 3.05) is 31.0 Å². The van der Waals surface area contributed by atoms with Crippen LogP contribution in [0.25, 0.3) is 0 Å². The Morgan fingerprint density at radius 1 is 1.07 bits per heavy atom. The minimum Gasteiger partial charge on any atom is -0.497 e. The van der Waals surface area contributed by atoms with Crippen molar-refractivity contribution in [2.24, 2.45) is 17.8 Å². The first-order valence-electron chi connectivity index (χ1n) is 13.7. The van der Waals surface area contributed by atoms with Crippen LogP contribution in [-0.4, -0.2) is 71.3 Å². The molecule has 0 aromatic heterocycles. The smallest absolute Gasteiger partial charge is 0.250 e. The van der Waals surface area contributed by atoms with Crippen molar-refractivity contribution in [3.05, 3.63) is 48.5 Å². The molecule has 3 fully saturated rings. The van der Waals surface area contributed by atoms with E-state index in [1.54, 1.807) is 62.6 Å². The summed E-state index contributed by atoms with van der Waals surface area (Å²) in [6.07, 6.45) is 0.433. The maximum atomic E-state index is 14.1. The largest absolute Gasteiger partial charge is 0.497 e. The molecular formula is C30H37N3O7. The van der Waals surface area contributed by atoms with Crippen LogP contribution >= 0.6 is 0 Å². The highest BCUT2D eigenvalue weighted by Crippen LogP contribution is 2.65. The Bertz CT molecular complexity index is 1280. The summed E-state index contributed by atoms with van der Waals surface area (Å²) in [5.41, 5.74) is -1.07. The van der Waals surface area contributed by atoms with Gasteiger partial charge in [-0.05, 0) is 81.6 Å². The first-order valence-corrected chi connectivity index (χ1v) is 13.7. The van der Waals surface area contributed by atoms with Crippen LogP contribution in [0.15, 0.2) is 48.5 Å². The second kappa shape index (κ2) is 10.4. The second-order valence-corrected chi connectivity index (χ2v) is 11.1. The van der Waals surface area contributed by atoms with Gasteiger partial charge in [-0.1, -0.05) is 6.92 Å². The summed E-state index contributed by atoms with van der Waals surface area (Å²) >= 11 is 0. The molecule has 5 rings (SSSR count). The van der Waals surface area contributed by atoms with Gasteiger partial charge in [0.05, 0.1) is 43.8 Å². The SMILES string of the molecule is CCOc1ccc(NC(=O)[C@H]2[C@H]3C(=O)N([C@H](C)CO)C(C(=O)Nc4ccc(OC)cc4)C34CC(C)[C@]2(C)O4)cc1. The van der Waals surface area contributed by atoms with E-state index in [1.807, 2.05) is 20.8 Å². The number of nitrogens with zero attached hydrogens (tertiary/aromatic N) is 1. The van der Waals surface area contributed by atoms with E-state index in [0.29, 0.717) is 35.9 Å². The van der Waals surface area contributed by atoms with Crippen molar-refractivity contribution < 1.29 is 33.7 Å².